The zero-order valence-corrected chi connectivity index (χ0v) is 9.91. The summed E-state index contributed by atoms with van der Waals surface area (Å²) in [4.78, 5) is 0. The van der Waals surface area contributed by atoms with Gasteiger partial charge in [-0.2, -0.15) is 0 Å². The Hall–Kier alpha value is -0.800. The van der Waals surface area contributed by atoms with Gasteiger partial charge in [-0.05, 0) is 45.2 Å². The van der Waals surface area contributed by atoms with E-state index in [9.17, 15) is 5.11 Å². The molecule has 3 heteroatoms. The molecule has 0 saturated carbocycles. The highest BCUT2D eigenvalue weighted by molar-refractivity contribution is 5.23. The Morgan fingerprint density at radius 1 is 1.62 bits per heavy atom. The molecular formula is C13H21NO2. The lowest BCUT2D eigenvalue weighted by atomic mass is 9.93. The molecule has 2 rings (SSSR count). The fourth-order valence-corrected chi connectivity index (χ4v) is 2.37. The predicted molar refractivity (Wildman–Crippen MR) is 63.3 cm³/mol. The molecule has 0 spiro atoms. The van der Waals surface area contributed by atoms with Crippen molar-refractivity contribution in [3.63, 3.8) is 0 Å². The predicted octanol–water partition coefficient (Wildman–Crippen LogP) is 2.41. The molecule has 2 atom stereocenters. The molecule has 90 valence electrons. The molecule has 1 aromatic heterocycles. The second-order valence-electron chi connectivity index (χ2n) is 4.69. The van der Waals surface area contributed by atoms with Crippen molar-refractivity contribution in [1.29, 1.82) is 0 Å². The maximum atomic E-state index is 9.17. The van der Waals surface area contributed by atoms with Crippen molar-refractivity contribution in [2.75, 3.05) is 6.54 Å². The first-order valence-electron chi connectivity index (χ1n) is 6.25. The number of hydrogen-bond acceptors (Lipinski definition) is 3. The fraction of sp³-hybridized carbons (Fsp3) is 0.692. The zero-order valence-electron chi connectivity index (χ0n) is 9.91. The standard InChI is InChI=1S/C13H21NO2/c1-10(15)4-3-8-14-12-5-2-6-13-11(12)7-9-16-13/h7,9-10,12,14-15H,2-6,8H2,1H3. The monoisotopic (exact) mass is 223 g/mol. The lowest BCUT2D eigenvalue weighted by Gasteiger charge is -2.22. The van der Waals surface area contributed by atoms with Crippen molar-refractivity contribution in [2.24, 2.45) is 0 Å². The topological polar surface area (TPSA) is 45.4 Å². The van der Waals surface area contributed by atoms with Crippen molar-refractivity contribution < 1.29 is 9.52 Å². The Bertz CT molecular complexity index is 319. The maximum absolute atomic E-state index is 9.17. The second-order valence-corrected chi connectivity index (χ2v) is 4.69. The minimum absolute atomic E-state index is 0.183. The van der Waals surface area contributed by atoms with Crippen LogP contribution in [0.3, 0.4) is 0 Å². The minimum Gasteiger partial charge on any atom is -0.469 e. The molecule has 1 aliphatic rings. The number of aliphatic hydroxyl groups excluding tert-OH is 1. The first-order valence-corrected chi connectivity index (χ1v) is 6.25. The highest BCUT2D eigenvalue weighted by Crippen LogP contribution is 2.30. The van der Waals surface area contributed by atoms with Crippen LogP contribution in [-0.2, 0) is 6.42 Å². The molecule has 0 saturated heterocycles. The highest BCUT2D eigenvalue weighted by atomic mass is 16.3. The van der Waals surface area contributed by atoms with Gasteiger partial charge in [-0.3, -0.25) is 0 Å². The van der Waals surface area contributed by atoms with Crippen molar-refractivity contribution in [1.82, 2.24) is 5.32 Å². The van der Waals surface area contributed by atoms with E-state index >= 15 is 0 Å². The van der Waals surface area contributed by atoms with Gasteiger partial charge >= 0.3 is 0 Å². The van der Waals surface area contributed by atoms with Gasteiger partial charge in [-0.1, -0.05) is 0 Å². The van der Waals surface area contributed by atoms with Crippen LogP contribution in [0, 0.1) is 0 Å². The Morgan fingerprint density at radius 2 is 2.50 bits per heavy atom. The van der Waals surface area contributed by atoms with Gasteiger partial charge in [0.2, 0.25) is 0 Å². The van der Waals surface area contributed by atoms with Crippen LogP contribution < -0.4 is 5.32 Å². The summed E-state index contributed by atoms with van der Waals surface area (Å²) < 4.78 is 5.45. The molecule has 0 aromatic carbocycles. The molecule has 1 aromatic rings. The maximum Gasteiger partial charge on any atom is 0.108 e. The van der Waals surface area contributed by atoms with Gasteiger partial charge in [0.1, 0.15) is 5.76 Å². The summed E-state index contributed by atoms with van der Waals surface area (Å²) in [5.74, 6) is 1.15. The summed E-state index contributed by atoms with van der Waals surface area (Å²) in [5.41, 5.74) is 1.34. The first kappa shape index (κ1) is 11.7. The molecule has 16 heavy (non-hydrogen) atoms. The minimum atomic E-state index is -0.183. The van der Waals surface area contributed by atoms with E-state index < -0.39 is 0 Å². The molecule has 1 heterocycles. The van der Waals surface area contributed by atoms with E-state index in [0.29, 0.717) is 6.04 Å². The van der Waals surface area contributed by atoms with Crippen molar-refractivity contribution in [3.8, 4) is 0 Å². The summed E-state index contributed by atoms with van der Waals surface area (Å²) in [5, 5.41) is 12.7. The average molecular weight is 223 g/mol. The molecule has 2 N–H and O–H groups in total. The number of aliphatic hydroxyl groups is 1. The molecule has 0 bridgehead atoms. The van der Waals surface area contributed by atoms with Gasteiger partial charge < -0.3 is 14.8 Å². The first-order chi connectivity index (χ1) is 7.77. The van der Waals surface area contributed by atoms with Gasteiger partial charge in [0.05, 0.1) is 12.4 Å². The summed E-state index contributed by atoms with van der Waals surface area (Å²) in [6.45, 7) is 2.81. The average Bonchev–Trinajstić information content (AvgIpc) is 2.72. The number of furan rings is 1. The van der Waals surface area contributed by atoms with Crippen LogP contribution in [0.5, 0.6) is 0 Å². The summed E-state index contributed by atoms with van der Waals surface area (Å²) >= 11 is 0. The zero-order chi connectivity index (χ0) is 11.4. The Labute approximate surface area is 96.8 Å². The number of hydrogen-bond donors (Lipinski definition) is 2. The van der Waals surface area contributed by atoms with E-state index in [-0.39, 0.29) is 6.10 Å². The van der Waals surface area contributed by atoms with E-state index in [1.165, 1.54) is 18.4 Å². The third-order valence-corrected chi connectivity index (χ3v) is 3.24. The molecule has 1 aliphatic carbocycles. The molecule has 0 fully saturated rings. The smallest absolute Gasteiger partial charge is 0.108 e. The summed E-state index contributed by atoms with van der Waals surface area (Å²) in [7, 11) is 0. The molecule has 0 radical (unpaired) electrons. The lowest BCUT2D eigenvalue weighted by Crippen LogP contribution is -2.25. The lowest BCUT2D eigenvalue weighted by molar-refractivity contribution is 0.180. The van der Waals surface area contributed by atoms with Gasteiger partial charge in [0.25, 0.3) is 0 Å². The Kier molecular flexibility index (Phi) is 4.02. The van der Waals surface area contributed by atoms with Crippen LogP contribution in [0.25, 0.3) is 0 Å². The van der Waals surface area contributed by atoms with E-state index in [4.69, 9.17) is 4.42 Å². The molecule has 2 unspecified atom stereocenters. The largest absolute Gasteiger partial charge is 0.469 e. The van der Waals surface area contributed by atoms with Crippen LogP contribution in [0.15, 0.2) is 16.7 Å². The van der Waals surface area contributed by atoms with Crippen LogP contribution in [0.2, 0.25) is 0 Å². The number of aryl methyl sites for hydroxylation is 1. The van der Waals surface area contributed by atoms with Crippen molar-refractivity contribution >= 4 is 0 Å². The highest BCUT2D eigenvalue weighted by Gasteiger charge is 2.21. The SMILES string of the molecule is CC(O)CCCNC1CCCc2occc21. The van der Waals surface area contributed by atoms with Gasteiger partial charge in [0, 0.05) is 18.0 Å². The number of nitrogens with one attached hydrogen (secondary N) is 1. The van der Waals surface area contributed by atoms with Crippen LogP contribution in [0.4, 0.5) is 0 Å². The number of rotatable bonds is 5. The summed E-state index contributed by atoms with van der Waals surface area (Å²) in [6, 6.07) is 2.54. The van der Waals surface area contributed by atoms with Crippen molar-refractivity contribution in [2.45, 2.75) is 51.2 Å². The Morgan fingerprint density at radius 3 is 3.31 bits per heavy atom. The van der Waals surface area contributed by atoms with E-state index in [1.54, 1.807) is 6.26 Å². The third-order valence-electron chi connectivity index (χ3n) is 3.24. The Balaban J connectivity index is 1.79. The summed E-state index contributed by atoms with van der Waals surface area (Å²) in [6.07, 6.45) is 6.99. The van der Waals surface area contributed by atoms with Gasteiger partial charge in [0.15, 0.2) is 0 Å². The van der Waals surface area contributed by atoms with Gasteiger partial charge in [-0.15, -0.1) is 0 Å². The van der Waals surface area contributed by atoms with E-state index in [1.807, 2.05) is 6.92 Å². The quantitative estimate of drug-likeness (QED) is 0.753. The number of fused-ring (bicyclic) bond motifs is 1. The molecule has 0 amide bonds. The van der Waals surface area contributed by atoms with E-state index in [0.717, 1.165) is 31.6 Å². The molecule has 3 nitrogen and oxygen atoms in total. The van der Waals surface area contributed by atoms with Crippen LogP contribution >= 0.6 is 0 Å². The van der Waals surface area contributed by atoms with Crippen LogP contribution in [0.1, 0.15) is 50.0 Å². The normalized spacial score (nSPS) is 21.8. The molecular weight excluding hydrogens is 202 g/mol. The third kappa shape index (κ3) is 2.86. The van der Waals surface area contributed by atoms with Gasteiger partial charge in [-0.25, -0.2) is 0 Å². The van der Waals surface area contributed by atoms with Crippen molar-refractivity contribution in [3.05, 3.63) is 23.7 Å². The van der Waals surface area contributed by atoms with Crippen LogP contribution in [-0.4, -0.2) is 17.8 Å². The fourth-order valence-electron chi connectivity index (χ4n) is 2.37. The molecule has 0 aliphatic heterocycles. The second kappa shape index (κ2) is 5.51. The van der Waals surface area contributed by atoms with E-state index in [2.05, 4.69) is 11.4 Å².